The van der Waals surface area contributed by atoms with E-state index in [2.05, 4.69) is 0 Å². The summed E-state index contributed by atoms with van der Waals surface area (Å²) in [5, 5.41) is 0. The lowest BCUT2D eigenvalue weighted by atomic mass is 10.2. The third-order valence-electron chi connectivity index (χ3n) is 1.88. The molecule has 0 fully saturated rings. The minimum absolute atomic E-state index is 0.0462. The van der Waals surface area contributed by atoms with Crippen molar-refractivity contribution < 1.29 is 19.0 Å². The fourth-order valence-electron chi connectivity index (χ4n) is 1.26. The van der Waals surface area contributed by atoms with Crippen LogP contribution in [0.2, 0.25) is 0 Å². The second-order valence-electron chi connectivity index (χ2n) is 4.80. The van der Waals surface area contributed by atoms with Gasteiger partial charge in [-0.25, -0.2) is 4.79 Å². The maximum Gasteiger partial charge on any atom is 0.332 e. The van der Waals surface area contributed by atoms with Crippen molar-refractivity contribution in [1.82, 2.24) is 0 Å². The lowest BCUT2D eigenvalue weighted by molar-refractivity contribution is -0.160. The highest BCUT2D eigenvalue weighted by atomic mass is 16.6. The zero-order valence-electron chi connectivity index (χ0n) is 11.1. The first-order valence-corrected chi connectivity index (χ1v) is 5.95. The average molecular weight is 252 g/mol. The van der Waals surface area contributed by atoms with Crippen LogP contribution < -0.4 is 4.74 Å². The second kappa shape index (κ2) is 7.01. The molecule has 0 aliphatic rings. The molecular weight excluding hydrogens is 232 g/mol. The molecule has 100 valence electrons. The number of rotatable bonds is 6. The number of esters is 1. The van der Waals surface area contributed by atoms with Gasteiger partial charge in [-0.05, 0) is 32.9 Å². The fourth-order valence-corrected chi connectivity index (χ4v) is 1.26. The van der Waals surface area contributed by atoms with Gasteiger partial charge < -0.3 is 14.2 Å². The van der Waals surface area contributed by atoms with Crippen LogP contribution in [0.4, 0.5) is 0 Å². The zero-order valence-corrected chi connectivity index (χ0v) is 11.1. The lowest BCUT2D eigenvalue weighted by Gasteiger charge is -2.19. The SMILES string of the molecule is CC(C)(C)OC(=O)COCCOc1ccccc1. The molecule has 1 aromatic carbocycles. The largest absolute Gasteiger partial charge is 0.491 e. The first-order valence-electron chi connectivity index (χ1n) is 5.95. The predicted octanol–water partition coefficient (Wildman–Crippen LogP) is 2.42. The molecule has 0 unspecified atom stereocenters. The standard InChI is InChI=1S/C14H20O4/c1-14(2,3)18-13(15)11-16-9-10-17-12-7-5-4-6-8-12/h4-8H,9-11H2,1-3H3. The minimum atomic E-state index is -0.471. The normalized spacial score (nSPS) is 11.1. The average Bonchev–Trinajstić information content (AvgIpc) is 2.27. The van der Waals surface area contributed by atoms with E-state index in [1.807, 2.05) is 51.1 Å². The molecule has 0 aliphatic heterocycles. The number of benzene rings is 1. The predicted molar refractivity (Wildman–Crippen MR) is 68.6 cm³/mol. The van der Waals surface area contributed by atoms with E-state index < -0.39 is 5.60 Å². The van der Waals surface area contributed by atoms with E-state index in [-0.39, 0.29) is 12.6 Å². The molecule has 0 atom stereocenters. The quantitative estimate of drug-likeness (QED) is 0.576. The summed E-state index contributed by atoms with van der Waals surface area (Å²) in [6.45, 7) is 6.19. The number of hydrogen-bond donors (Lipinski definition) is 0. The summed E-state index contributed by atoms with van der Waals surface area (Å²) in [5.41, 5.74) is -0.471. The summed E-state index contributed by atoms with van der Waals surface area (Å²) in [7, 11) is 0. The van der Waals surface area contributed by atoms with E-state index >= 15 is 0 Å². The Morgan fingerprint density at radius 1 is 1.11 bits per heavy atom. The molecule has 0 amide bonds. The van der Waals surface area contributed by atoms with Gasteiger partial charge in [0.05, 0.1) is 6.61 Å². The molecule has 0 saturated carbocycles. The molecule has 1 rings (SSSR count). The number of hydrogen-bond acceptors (Lipinski definition) is 4. The van der Waals surface area contributed by atoms with Gasteiger partial charge in [-0.15, -0.1) is 0 Å². The molecule has 0 radical (unpaired) electrons. The second-order valence-corrected chi connectivity index (χ2v) is 4.80. The molecule has 0 spiro atoms. The van der Waals surface area contributed by atoms with Gasteiger partial charge in [0.25, 0.3) is 0 Å². The van der Waals surface area contributed by atoms with E-state index in [4.69, 9.17) is 14.2 Å². The van der Waals surface area contributed by atoms with Gasteiger partial charge in [-0.2, -0.15) is 0 Å². The molecule has 0 heterocycles. The van der Waals surface area contributed by atoms with Crippen molar-refractivity contribution in [3.63, 3.8) is 0 Å². The summed E-state index contributed by atoms with van der Waals surface area (Å²) < 4.78 is 15.7. The third-order valence-corrected chi connectivity index (χ3v) is 1.88. The molecule has 0 N–H and O–H groups in total. The molecular formula is C14H20O4. The summed E-state index contributed by atoms with van der Waals surface area (Å²) in [6, 6.07) is 9.46. The van der Waals surface area contributed by atoms with Crippen LogP contribution in [-0.2, 0) is 14.3 Å². The Kier molecular flexibility index (Phi) is 5.65. The van der Waals surface area contributed by atoms with E-state index in [0.29, 0.717) is 13.2 Å². The monoisotopic (exact) mass is 252 g/mol. The van der Waals surface area contributed by atoms with Crippen molar-refractivity contribution in [2.45, 2.75) is 26.4 Å². The Hall–Kier alpha value is -1.55. The van der Waals surface area contributed by atoms with Crippen molar-refractivity contribution in [3.8, 4) is 5.75 Å². The van der Waals surface area contributed by atoms with Crippen LogP contribution in [0.3, 0.4) is 0 Å². The topological polar surface area (TPSA) is 44.8 Å². The molecule has 18 heavy (non-hydrogen) atoms. The summed E-state index contributed by atoms with van der Waals surface area (Å²) in [4.78, 5) is 11.3. The van der Waals surface area contributed by atoms with Crippen molar-refractivity contribution in [2.24, 2.45) is 0 Å². The van der Waals surface area contributed by atoms with Gasteiger partial charge in [-0.3, -0.25) is 0 Å². The number of ether oxygens (including phenoxy) is 3. The minimum Gasteiger partial charge on any atom is -0.491 e. The maximum atomic E-state index is 11.3. The highest BCUT2D eigenvalue weighted by molar-refractivity contribution is 5.71. The van der Waals surface area contributed by atoms with Gasteiger partial charge in [0, 0.05) is 0 Å². The van der Waals surface area contributed by atoms with Gasteiger partial charge >= 0.3 is 5.97 Å². The molecule has 4 heteroatoms. The summed E-state index contributed by atoms with van der Waals surface area (Å²) in [5.74, 6) is 0.431. The number of carbonyl (C=O) groups is 1. The van der Waals surface area contributed by atoms with E-state index in [0.717, 1.165) is 5.75 Å². The number of para-hydroxylation sites is 1. The van der Waals surface area contributed by atoms with Crippen molar-refractivity contribution in [2.75, 3.05) is 19.8 Å². The van der Waals surface area contributed by atoms with Gasteiger partial charge in [0.1, 0.15) is 24.6 Å². The van der Waals surface area contributed by atoms with Crippen LogP contribution in [0, 0.1) is 0 Å². The highest BCUT2D eigenvalue weighted by Crippen LogP contribution is 2.08. The van der Waals surface area contributed by atoms with Crippen molar-refractivity contribution in [1.29, 1.82) is 0 Å². The Labute approximate surface area is 108 Å². The molecule has 0 bridgehead atoms. The highest BCUT2D eigenvalue weighted by Gasteiger charge is 2.15. The summed E-state index contributed by atoms with van der Waals surface area (Å²) >= 11 is 0. The van der Waals surface area contributed by atoms with Crippen LogP contribution in [0.1, 0.15) is 20.8 Å². The van der Waals surface area contributed by atoms with Crippen LogP contribution in [0.25, 0.3) is 0 Å². The third kappa shape index (κ3) is 6.91. The zero-order chi connectivity index (χ0) is 13.4. The van der Waals surface area contributed by atoms with Gasteiger partial charge in [0.15, 0.2) is 0 Å². The Balaban J connectivity index is 2.07. The first-order chi connectivity index (χ1) is 8.47. The van der Waals surface area contributed by atoms with Crippen LogP contribution in [0.15, 0.2) is 30.3 Å². The Morgan fingerprint density at radius 3 is 2.39 bits per heavy atom. The van der Waals surface area contributed by atoms with E-state index in [1.54, 1.807) is 0 Å². The van der Waals surface area contributed by atoms with Crippen LogP contribution >= 0.6 is 0 Å². The van der Waals surface area contributed by atoms with Crippen molar-refractivity contribution >= 4 is 5.97 Å². The Bertz CT molecular complexity index is 354. The molecule has 1 aromatic rings. The van der Waals surface area contributed by atoms with E-state index in [9.17, 15) is 4.79 Å². The maximum absolute atomic E-state index is 11.3. The lowest BCUT2D eigenvalue weighted by Crippen LogP contribution is -2.27. The fraction of sp³-hybridized carbons (Fsp3) is 0.500. The van der Waals surface area contributed by atoms with Gasteiger partial charge in [-0.1, -0.05) is 18.2 Å². The molecule has 0 aliphatic carbocycles. The van der Waals surface area contributed by atoms with E-state index in [1.165, 1.54) is 0 Å². The Morgan fingerprint density at radius 2 is 1.78 bits per heavy atom. The molecule has 0 aromatic heterocycles. The van der Waals surface area contributed by atoms with Crippen molar-refractivity contribution in [3.05, 3.63) is 30.3 Å². The molecule has 4 nitrogen and oxygen atoms in total. The van der Waals surface area contributed by atoms with Gasteiger partial charge in [0.2, 0.25) is 0 Å². The smallest absolute Gasteiger partial charge is 0.332 e. The number of carbonyl (C=O) groups excluding carboxylic acids is 1. The first kappa shape index (κ1) is 14.5. The molecule has 0 saturated heterocycles. The summed E-state index contributed by atoms with van der Waals surface area (Å²) in [6.07, 6.45) is 0. The van der Waals surface area contributed by atoms with Crippen LogP contribution in [-0.4, -0.2) is 31.4 Å². The van der Waals surface area contributed by atoms with Crippen LogP contribution in [0.5, 0.6) is 5.75 Å².